The first-order chi connectivity index (χ1) is 11.5. The van der Waals surface area contributed by atoms with Gasteiger partial charge in [-0.15, -0.1) is 10.2 Å². The average molecular weight is 396 g/mol. The van der Waals surface area contributed by atoms with E-state index in [0.29, 0.717) is 15.8 Å². The highest BCUT2D eigenvalue weighted by Crippen LogP contribution is 2.34. The second-order valence-corrected chi connectivity index (χ2v) is 8.25. The van der Waals surface area contributed by atoms with E-state index in [1.54, 1.807) is 11.8 Å². The molecule has 0 spiro atoms. The van der Waals surface area contributed by atoms with Crippen molar-refractivity contribution in [2.75, 3.05) is 5.32 Å². The van der Waals surface area contributed by atoms with E-state index in [1.165, 1.54) is 22.5 Å². The molecule has 1 aromatic heterocycles. The van der Waals surface area contributed by atoms with Crippen LogP contribution in [0.5, 0.6) is 0 Å². The molecule has 0 atom stereocenters. The Labute approximate surface area is 159 Å². The molecule has 3 rings (SSSR count). The highest BCUT2D eigenvalue weighted by Gasteiger charge is 2.10. The van der Waals surface area contributed by atoms with Crippen LogP contribution in [0.25, 0.3) is 0 Å². The smallest absolute Gasteiger partial charge is 0.210 e. The maximum atomic E-state index is 6.20. The van der Waals surface area contributed by atoms with Gasteiger partial charge >= 0.3 is 0 Å². The maximum Gasteiger partial charge on any atom is 0.210 e. The van der Waals surface area contributed by atoms with Gasteiger partial charge in [0.25, 0.3) is 0 Å². The van der Waals surface area contributed by atoms with Crippen molar-refractivity contribution in [1.29, 1.82) is 0 Å². The van der Waals surface area contributed by atoms with Gasteiger partial charge in [-0.1, -0.05) is 64.5 Å². The van der Waals surface area contributed by atoms with Gasteiger partial charge in [-0.25, -0.2) is 0 Å². The summed E-state index contributed by atoms with van der Waals surface area (Å²) >= 11 is 15.5. The first kappa shape index (κ1) is 17.5. The number of halogens is 2. The van der Waals surface area contributed by atoms with Gasteiger partial charge in [-0.3, -0.25) is 0 Å². The summed E-state index contributed by atoms with van der Waals surface area (Å²) in [6.07, 6.45) is 0. The van der Waals surface area contributed by atoms with E-state index in [0.717, 1.165) is 20.7 Å². The lowest BCUT2D eigenvalue weighted by Gasteiger charge is -2.08. The normalized spacial score (nSPS) is 10.8. The Morgan fingerprint density at radius 3 is 2.50 bits per heavy atom. The molecular formula is C17H15Cl2N3S2. The fraction of sp³-hybridized carbons (Fsp3) is 0.176. The van der Waals surface area contributed by atoms with Crippen molar-refractivity contribution >= 4 is 57.1 Å². The minimum Gasteiger partial charge on any atom is -0.330 e. The van der Waals surface area contributed by atoms with Gasteiger partial charge in [0.15, 0.2) is 4.34 Å². The van der Waals surface area contributed by atoms with Crippen LogP contribution in [0.4, 0.5) is 10.8 Å². The molecule has 3 nitrogen and oxygen atoms in total. The zero-order valence-corrected chi connectivity index (χ0v) is 16.3. The van der Waals surface area contributed by atoms with Crippen LogP contribution in [-0.4, -0.2) is 10.2 Å². The molecule has 0 bridgehead atoms. The Kier molecular flexibility index (Phi) is 5.66. The summed E-state index contributed by atoms with van der Waals surface area (Å²) in [5, 5.41) is 13.9. The summed E-state index contributed by atoms with van der Waals surface area (Å²) in [4.78, 5) is 0. The van der Waals surface area contributed by atoms with Crippen LogP contribution in [0.1, 0.15) is 16.7 Å². The van der Waals surface area contributed by atoms with Gasteiger partial charge in [0.1, 0.15) is 0 Å². The molecule has 0 saturated carbocycles. The molecule has 1 N–H and O–H groups in total. The SMILES string of the molecule is Cc1cccc(Nc2nnc(SCc3c(Cl)cccc3Cl)s2)c1C. The molecule has 2 aromatic carbocycles. The lowest BCUT2D eigenvalue weighted by atomic mass is 10.1. The quantitative estimate of drug-likeness (QED) is 0.500. The zero-order valence-electron chi connectivity index (χ0n) is 13.1. The van der Waals surface area contributed by atoms with Crippen LogP contribution in [0.2, 0.25) is 10.0 Å². The lowest BCUT2D eigenvalue weighted by Crippen LogP contribution is -1.94. The largest absolute Gasteiger partial charge is 0.330 e. The number of hydrogen-bond donors (Lipinski definition) is 1. The predicted octanol–water partition coefficient (Wildman–Crippen LogP) is 6.50. The van der Waals surface area contributed by atoms with E-state index < -0.39 is 0 Å². The van der Waals surface area contributed by atoms with Crippen molar-refractivity contribution in [2.24, 2.45) is 0 Å². The third-order valence-electron chi connectivity index (χ3n) is 3.65. The fourth-order valence-corrected chi connectivity index (χ4v) is 4.63. The molecule has 0 amide bonds. The third-order valence-corrected chi connectivity index (χ3v) is 6.36. The maximum absolute atomic E-state index is 6.20. The van der Waals surface area contributed by atoms with Crippen LogP contribution in [0.3, 0.4) is 0 Å². The van der Waals surface area contributed by atoms with Crippen molar-refractivity contribution in [3.8, 4) is 0 Å². The van der Waals surface area contributed by atoms with Crippen LogP contribution in [0.15, 0.2) is 40.7 Å². The fourth-order valence-electron chi connectivity index (χ4n) is 2.12. The first-order valence-corrected chi connectivity index (χ1v) is 9.83. The number of benzene rings is 2. The number of thioether (sulfide) groups is 1. The molecule has 0 aliphatic carbocycles. The zero-order chi connectivity index (χ0) is 17.1. The minimum absolute atomic E-state index is 0.663. The molecule has 0 unspecified atom stereocenters. The van der Waals surface area contributed by atoms with E-state index in [4.69, 9.17) is 23.2 Å². The summed E-state index contributed by atoms with van der Waals surface area (Å²) < 4.78 is 0.874. The standard InChI is InChI=1S/C17H15Cl2N3S2/c1-10-5-3-8-15(11(10)2)20-16-21-22-17(24-16)23-9-12-13(18)6-4-7-14(12)19/h3-8H,9H2,1-2H3,(H,20,21). The molecule has 24 heavy (non-hydrogen) atoms. The number of anilines is 2. The van der Waals surface area contributed by atoms with Crippen molar-refractivity contribution in [1.82, 2.24) is 10.2 Å². The van der Waals surface area contributed by atoms with E-state index in [-0.39, 0.29) is 0 Å². The monoisotopic (exact) mass is 395 g/mol. The van der Waals surface area contributed by atoms with Gasteiger partial charge in [-0.05, 0) is 48.7 Å². The summed E-state index contributed by atoms with van der Waals surface area (Å²) in [6.45, 7) is 4.18. The van der Waals surface area contributed by atoms with Gasteiger partial charge in [0, 0.05) is 21.5 Å². The Hall–Kier alpha value is -1.27. The lowest BCUT2D eigenvalue weighted by molar-refractivity contribution is 1.01. The number of aryl methyl sites for hydroxylation is 1. The molecule has 0 saturated heterocycles. The van der Waals surface area contributed by atoms with E-state index in [9.17, 15) is 0 Å². The number of rotatable bonds is 5. The molecule has 3 aromatic rings. The Balaban J connectivity index is 1.69. The predicted molar refractivity (Wildman–Crippen MR) is 105 cm³/mol. The second-order valence-electron chi connectivity index (χ2n) is 5.23. The van der Waals surface area contributed by atoms with Crippen molar-refractivity contribution < 1.29 is 0 Å². The molecule has 0 aliphatic heterocycles. The molecule has 124 valence electrons. The topological polar surface area (TPSA) is 37.8 Å². The van der Waals surface area contributed by atoms with E-state index in [2.05, 4.69) is 35.4 Å². The molecule has 0 aliphatic rings. The Bertz CT molecular complexity index is 845. The Morgan fingerprint density at radius 1 is 1.04 bits per heavy atom. The number of hydrogen-bond acceptors (Lipinski definition) is 5. The number of nitrogens with zero attached hydrogens (tertiary/aromatic N) is 2. The second kappa shape index (κ2) is 7.74. The van der Waals surface area contributed by atoms with Crippen LogP contribution in [0, 0.1) is 13.8 Å². The van der Waals surface area contributed by atoms with Gasteiger partial charge < -0.3 is 5.32 Å². The molecule has 1 heterocycles. The van der Waals surface area contributed by atoms with Crippen molar-refractivity contribution in [3.05, 3.63) is 63.1 Å². The average Bonchev–Trinajstić information content (AvgIpc) is 2.99. The van der Waals surface area contributed by atoms with Crippen LogP contribution >= 0.6 is 46.3 Å². The van der Waals surface area contributed by atoms with Crippen molar-refractivity contribution in [2.45, 2.75) is 23.9 Å². The van der Waals surface area contributed by atoms with Crippen molar-refractivity contribution in [3.63, 3.8) is 0 Å². The first-order valence-electron chi connectivity index (χ1n) is 7.27. The van der Waals surface area contributed by atoms with Gasteiger partial charge in [0.05, 0.1) is 0 Å². The van der Waals surface area contributed by atoms with Gasteiger partial charge in [0.2, 0.25) is 5.13 Å². The van der Waals surface area contributed by atoms with E-state index in [1.807, 2.05) is 30.3 Å². The minimum atomic E-state index is 0.663. The summed E-state index contributed by atoms with van der Waals surface area (Å²) in [7, 11) is 0. The Morgan fingerprint density at radius 2 is 1.75 bits per heavy atom. The molecular weight excluding hydrogens is 381 g/mol. The third kappa shape index (κ3) is 4.03. The molecule has 0 fully saturated rings. The molecule has 0 radical (unpaired) electrons. The highest BCUT2D eigenvalue weighted by molar-refractivity contribution is 8.00. The summed E-state index contributed by atoms with van der Waals surface area (Å²) in [5.74, 6) is 0.663. The van der Waals surface area contributed by atoms with Crippen LogP contribution < -0.4 is 5.32 Å². The summed E-state index contributed by atoms with van der Waals surface area (Å²) in [6, 6.07) is 11.7. The summed E-state index contributed by atoms with van der Waals surface area (Å²) in [5.41, 5.74) is 4.43. The number of nitrogens with one attached hydrogen (secondary N) is 1. The van der Waals surface area contributed by atoms with Gasteiger partial charge in [-0.2, -0.15) is 0 Å². The van der Waals surface area contributed by atoms with E-state index >= 15 is 0 Å². The highest BCUT2D eigenvalue weighted by atomic mass is 35.5. The van der Waals surface area contributed by atoms with Crippen LogP contribution in [-0.2, 0) is 5.75 Å². The molecule has 7 heteroatoms. The number of aromatic nitrogens is 2.